The number of carbonyl (C=O) groups is 3. The Bertz CT molecular complexity index is 1590. The summed E-state index contributed by atoms with van der Waals surface area (Å²) in [5, 5.41) is 2.82. The van der Waals surface area contributed by atoms with Crippen LogP contribution in [-0.4, -0.2) is 71.5 Å². The van der Waals surface area contributed by atoms with Crippen LogP contribution in [0.3, 0.4) is 0 Å². The van der Waals surface area contributed by atoms with Crippen LogP contribution in [0.15, 0.2) is 66.7 Å². The van der Waals surface area contributed by atoms with Gasteiger partial charge in [0.1, 0.15) is 29.4 Å². The lowest BCUT2D eigenvalue weighted by molar-refractivity contribution is -0.128. The van der Waals surface area contributed by atoms with Gasteiger partial charge in [0.2, 0.25) is 5.91 Å². The summed E-state index contributed by atoms with van der Waals surface area (Å²) in [6, 6.07) is 19.7. The molecule has 2 heterocycles. The van der Waals surface area contributed by atoms with E-state index < -0.39 is 29.5 Å². The van der Waals surface area contributed by atoms with E-state index in [0.717, 1.165) is 16.7 Å². The molecule has 2 atom stereocenters. The van der Waals surface area contributed by atoms with Gasteiger partial charge in [-0.1, -0.05) is 42.5 Å². The first-order valence-electron chi connectivity index (χ1n) is 16.7. The third-order valence-electron chi connectivity index (χ3n) is 7.64. The molecule has 0 unspecified atom stereocenters. The molecule has 1 aliphatic heterocycles. The van der Waals surface area contributed by atoms with Gasteiger partial charge in [0.05, 0.1) is 19.2 Å². The molecule has 3 aromatic rings. The number of aryl methyl sites for hydroxylation is 1. The lowest BCUT2D eigenvalue weighted by Gasteiger charge is -2.27. The van der Waals surface area contributed by atoms with Gasteiger partial charge in [-0.25, -0.2) is 19.0 Å². The first-order valence-corrected chi connectivity index (χ1v) is 16.7. The van der Waals surface area contributed by atoms with Crippen LogP contribution in [0.5, 0.6) is 0 Å². The van der Waals surface area contributed by atoms with Crippen molar-refractivity contribution in [2.45, 2.75) is 85.2 Å². The maximum Gasteiger partial charge on any atom is 0.416 e. The number of ether oxygens (including phenoxy) is 3. The van der Waals surface area contributed by atoms with Crippen molar-refractivity contribution in [1.82, 2.24) is 15.2 Å². The van der Waals surface area contributed by atoms with Gasteiger partial charge >= 0.3 is 12.2 Å². The van der Waals surface area contributed by atoms with Gasteiger partial charge in [0.25, 0.3) is 0 Å². The Morgan fingerprint density at radius 3 is 2.29 bits per heavy atom. The van der Waals surface area contributed by atoms with E-state index in [-0.39, 0.29) is 37.3 Å². The van der Waals surface area contributed by atoms with Gasteiger partial charge in [-0.15, -0.1) is 0 Å². The molecule has 1 aromatic heterocycles. The molecule has 11 heteroatoms. The summed E-state index contributed by atoms with van der Waals surface area (Å²) in [7, 11) is 0. The van der Waals surface area contributed by atoms with Crippen LogP contribution in [0.2, 0.25) is 0 Å². The molecular weight excluding hydrogens is 627 g/mol. The lowest BCUT2D eigenvalue weighted by Crippen LogP contribution is -2.37. The number of carbonyl (C=O) groups excluding carboxylic acids is 3. The molecule has 10 nitrogen and oxygen atoms in total. The Balaban J connectivity index is 1.50. The highest BCUT2D eigenvalue weighted by molar-refractivity contribution is 5.86. The molecule has 1 N–H and O–H groups in total. The fourth-order valence-electron chi connectivity index (χ4n) is 5.53. The van der Waals surface area contributed by atoms with E-state index in [1.165, 1.54) is 17.0 Å². The van der Waals surface area contributed by atoms with Crippen molar-refractivity contribution in [3.05, 3.63) is 94.9 Å². The monoisotopic (exact) mass is 676 g/mol. The number of aromatic nitrogens is 1. The Morgan fingerprint density at radius 2 is 1.61 bits per heavy atom. The fourth-order valence-corrected chi connectivity index (χ4v) is 5.53. The molecule has 0 saturated carbocycles. The molecule has 0 aliphatic carbocycles. The fraction of sp³-hybridized carbons (Fsp3) is 0.474. The maximum absolute atomic E-state index is 13.5. The van der Waals surface area contributed by atoms with Crippen molar-refractivity contribution in [2.75, 3.05) is 31.1 Å². The Kier molecular flexibility index (Phi) is 12.4. The van der Waals surface area contributed by atoms with Crippen LogP contribution in [-0.2, 0) is 38.4 Å². The predicted molar refractivity (Wildman–Crippen MR) is 186 cm³/mol. The van der Waals surface area contributed by atoms with E-state index in [9.17, 15) is 18.8 Å². The minimum Gasteiger partial charge on any atom is -0.444 e. The molecule has 264 valence electrons. The summed E-state index contributed by atoms with van der Waals surface area (Å²) in [6.07, 6.45) is -0.540. The molecular formula is C38H49FN4O6. The second kappa shape index (κ2) is 16.3. The quantitative estimate of drug-likeness (QED) is 0.243. The number of hydrogen-bond acceptors (Lipinski definition) is 7. The number of hydrogen-bond donors (Lipinski definition) is 1. The van der Waals surface area contributed by atoms with Crippen LogP contribution in [0, 0.1) is 18.7 Å². The molecule has 0 bridgehead atoms. The minimum absolute atomic E-state index is 0.206. The number of pyridine rings is 1. The largest absolute Gasteiger partial charge is 0.444 e. The van der Waals surface area contributed by atoms with E-state index in [1.807, 2.05) is 90.9 Å². The van der Waals surface area contributed by atoms with E-state index in [2.05, 4.69) is 5.32 Å². The molecule has 3 amide bonds. The second-order valence-corrected chi connectivity index (χ2v) is 14.5. The van der Waals surface area contributed by atoms with Crippen molar-refractivity contribution >= 4 is 23.9 Å². The Labute approximate surface area is 288 Å². The van der Waals surface area contributed by atoms with E-state index in [1.54, 1.807) is 17.0 Å². The zero-order chi connectivity index (χ0) is 35.8. The summed E-state index contributed by atoms with van der Waals surface area (Å²) < 4.78 is 31.0. The maximum atomic E-state index is 13.5. The number of amides is 3. The molecule has 2 aromatic carbocycles. The summed E-state index contributed by atoms with van der Waals surface area (Å²) in [5.74, 6) is -0.391. The van der Waals surface area contributed by atoms with E-state index >= 15 is 0 Å². The summed E-state index contributed by atoms with van der Waals surface area (Å²) in [5.41, 5.74) is 1.93. The van der Waals surface area contributed by atoms with Gasteiger partial charge in [-0.3, -0.25) is 9.69 Å². The van der Waals surface area contributed by atoms with Gasteiger partial charge < -0.3 is 24.4 Å². The number of nitrogens with one attached hydrogen (secondary N) is 1. The highest BCUT2D eigenvalue weighted by atomic mass is 19.1. The van der Waals surface area contributed by atoms with Gasteiger partial charge in [-0.2, -0.15) is 0 Å². The predicted octanol–water partition coefficient (Wildman–Crippen LogP) is 6.62. The normalized spacial score (nSPS) is 16.3. The van der Waals surface area contributed by atoms with Crippen molar-refractivity contribution in [2.24, 2.45) is 5.92 Å². The zero-order valence-electron chi connectivity index (χ0n) is 29.6. The lowest BCUT2D eigenvalue weighted by atomic mass is 9.98. The van der Waals surface area contributed by atoms with E-state index in [0.29, 0.717) is 37.4 Å². The van der Waals surface area contributed by atoms with Crippen LogP contribution < -0.4 is 10.2 Å². The summed E-state index contributed by atoms with van der Waals surface area (Å²) in [6.45, 7) is 13.8. The van der Waals surface area contributed by atoms with Crippen molar-refractivity contribution in [3.63, 3.8) is 0 Å². The van der Waals surface area contributed by atoms with Crippen LogP contribution >= 0.6 is 0 Å². The number of halogens is 1. The van der Waals surface area contributed by atoms with Crippen molar-refractivity contribution in [1.29, 1.82) is 0 Å². The third-order valence-corrected chi connectivity index (χ3v) is 7.64. The second-order valence-electron chi connectivity index (χ2n) is 14.5. The molecule has 4 rings (SSSR count). The number of benzene rings is 2. The molecule has 1 aliphatic rings. The number of likely N-dealkylation sites (tertiary alicyclic amines) is 1. The third kappa shape index (κ3) is 12.2. The zero-order valence-corrected chi connectivity index (χ0v) is 29.6. The topological polar surface area (TPSA) is 110 Å². The number of anilines is 1. The average molecular weight is 677 g/mol. The standard InChI is InChI=1S/C38H49FN4O6/c1-26-18-31(41-33(19-26)43(36(46)49-38(5,6)7)22-28-12-9-8-10-13-28)21-29-23-42(35(45)48-37(2,3)4)24-32(29)47-25-34(44)40-17-16-27-14-11-15-30(39)20-27/h8-15,18-20,29,32H,16-17,21-25H2,1-7H3,(H,40,44)/t29-,32+/m0/s1. The van der Waals surface area contributed by atoms with Crippen LogP contribution in [0.1, 0.15) is 63.9 Å². The molecule has 1 saturated heterocycles. The molecule has 49 heavy (non-hydrogen) atoms. The number of nitrogens with zero attached hydrogens (tertiary/aromatic N) is 3. The van der Waals surface area contributed by atoms with Gasteiger partial charge in [0, 0.05) is 24.7 Å². The first-order chi connectivity index (χ1) is 23.0. The minimum atomic E-state index is -0.704. The van der Waals surface area contributed by atoms with E-state index in [4.69, 9.17) is 19.2 Å². The SMILES string of the molecule is Cc1cc(C[C@H]2CN(C(=O)OC(C)(C)C)C[C@H]2OCC(=O)NCCc2cccc(F)c2)nc(N(Cc2ccccc2)C(=O)OC(C)(C)C)c1. The molecule has 1 fully saturated rings. The smallest absolute Gasteiger partial charge is 0.416 e. The Morgan fingerprint density at radius 1 is 0.918 bits per heavy atom. The van der Waals surface area contributed by atoms with Gasteiger partial charge in [-0.05, 0) is 102 Å². The molecule has 0 radical (unpaired) electrons. The van der Waals surface area contributed by atoms with Crippen molar-refractivity contribution in [3.8, 4) is 0 Å². The number of rotatable bonds is 11. The summed E-state index contributed by atoms with van der Waals surface area (Å²) >= 11 is 0. The van der Waals surface area contributed by atoms with Crippen molar-refractivity contribution < 1.29 is 33.0 Å². The van der Waals surface area contributed by atoms with Crippen LogP contribution in [0.25, 0.3) is 0 Å². The highest BCUT2D eigenvalue weighted by Gasteiger charge is 2.38. The highest BCUT2D eigenvalue weighted by Crippen LogP contribution is 2.28. The van der Waals surface area contributed by atoms with Crippen LogP contribution in [0.4, 0.5) is 19.8 Å². The molecule has 0 spiro atoms. The Hall–Kier alpha value is -4.51. The summed E-state index contributed by atoms with van der Waals surface area (Å²) in [4.78, 5) is 47.3. The first kappa shape index (κ1) is 37.3. The average Bonchev–Trinajstić information content (AvgIpc) is 3.40. The van der Waals surface area contributed by atoms with Gasteiger partial charge in [0.15, 0.2) is 0 Å².